The SMILES string of the molecule is COc1ccc(S(=O)(=O)Nc2ccc3c(c2)NC(=O)C(C)(C)CO3)cc1C. The van der Waals surface area contributed by atoms with E-state index >= 15 is 0 Å². The summed E-state index contributed by atoms with van der Waals surface area (Å²) in [6, 6.07) is 9.40. The van der Waals surface area contributed by atoms with E-state index < -0.39 is 15.4 Å². The third-order valence-electron chi connectivity index (χ3n) is 4.36. The van der Waals surface area contributed by atoms with E-state index in [0.29, 0.717) is 28.4 Å². The van der Waals surface area contributed by atoms with Crippen molar-refractivity contribution in [2.45, 2.75) is 25.7 Å². The molecule has 0 spiro atoms. The monoisotopic (exact) mass is 390 g/mol. The lowest BCUT2D eigenvalue weighted by Crippen LogP contribution is -2.33. The summed E-state index contributed by atoms with van der Waals surface area (Å²) in [5.41, 5.74) is 0.784. The Morgan fingerprint density at radius 2 is 1.93 bits per heavy atom. The summed E-state index contributed by atoms with van der Waals surface area (Å²) in [4.78, 5) is 12.4. The maximum atomic E-state index is 12.7. The van der Waals surface area contributed by atoms with Gasteiger partial charge < -0.3 is 14.8 Å². The normalized spacial score (nSPS) is 15.8. The van der Waals surface area contributed by atoms with Crippen molar-refractivity contribution < 1.29 is 22.7 Å². The van der Waals surface area contributed by atoms with Crippen LogP contribution < -0.4 is 19.5 Å². The topological polar surface area (TPSA) is 93.7 Å². The van der Waals surface area contributed by atoms with E-state index in [2.05, 4.69) is 10.0 Å². The van der Waals surface area contributed by atoms with Crippen molar-refractivity contribution in [1.29, 1.82) is 0 Å². The quantitative estimate of drug-likeness (QED) is 0.836. The third-order valence-corrected chi connectivity index (χ3v) is 5.74. The Kier molecular flexibility index (Phi) is 4.77. The van der Waals surface area contributed by atoms with Gasteiger partial charge in [0.1, 0.15) is 18.1 Å². The molecule has 1 aliphatic rings. The zero-order valence-electron chi connectivity index (χ0n) is 15.6. The Balaban J connectivity index is 1.88. The molecule has 27 heavy (non-hydrogen) atoms. The Labute approximate surface area is 158 Å². The largest absolute Gasteiger partial charge is 0.496 e. The molecule has 0 unspecified atom stereocenters. The first kappa shape index (κ1) is 19.0. The van der Waals surface area contributed by atoms with Gasteiger partial charge in [-0.15, -0.1) is 0 Å². The number of methoxy groups -OCH3 is 1. The number of sulfonamides is 1. The van der Waals surface area contributed by atoms with Crippen LogP contribution in [0, 0.1) is 12.3 Å². The minimum Gasteiger partial charge on any atom is -0.496 e. The van der Waals surface area contributed by atoms with Crippen molar-refractivity contribution in [3.05, 3.63) is 42.0 Å². The van der Waals surface area contributed by atoms with Crippen LogP contribution in [-0.2, 0) is 14.8 Å². The van der Waals surface area contributed by atoms with Gasteiger partial charge in [0.25, 0.3) is 10.0 Å². The number of fused-ring (bicyclic) bond motifs is 1. The minimum absolute atomic E-state index is 0.122. The van der Waals surface area contributed by atoms with Gasteiger partial charge in [0.2, 0.25) is 5.91 Å². The zero-order chi connectivity index (χ0) is 19.8. The molecule has 0 saturated heterocycles. The summed E-state index contributed by atoms with van der Waals surface area (Å²) in [7, 11) is -2.26. The molecule has 1 amide bonds. The Morgan fingerprint density at radius 3 is 2.59 bits per heavy atom. The van der Waals surface area contributed by atoms with Crippen LogP contribution in [0.3, 0.4) is 0 Å². The molecular weight excluding hydrogens is 368 g/mol. The highest BCUT2D eigenvalue weighted by molar-refractivity contribution is 7.92. The zero-order valence-corrected chi connectivity index (χ0v) is 16.4. The average molecular weight is 390 g/mol. The molecule has 0 saturated carbocycles. The summed E-state index contributed by atoms with van der Waals surface area (Å²) in [5.74, 6) is 0.922. The van der Waals surface area contributed by atoms with Gasteiger partial charge in [0.05, 0.1) is 28.8 Å². The molecular formula is C19H22N2O5S. The molecule has 0 atom stereocenters. The molecule has 0 aromatic heterocycles. The molecule has 0 aliphatic carbocycles. The summed E-state index contributed by atoms with van der Waals surface area (Å²) < 4.78 is 38.7. The number of carbonyl (C=O) groups is 1. The molecule has 0 radical (unpaired) electrons. The van der Waals surface area contributed by atoms with Gasteiger partial charge in [-0.3, -0.25) is 9.52 Å². The standard InChI is InChI=1S/C19H22N2O5S/c1-12-9-14(6-8-16(12)25-4)27(23,24)21-13-5-7-17-15(10-13)20-18(22)19(2,3)11-26-17/h5-10,21H,11H2,1-4H3,(H,20,22). The third kappa shape index (κ3) is 3.85. The molecule has 1 aliphatic heterocycles. The Bertz CT molecular complexity index is 999. The molecule has 3 rings (SSSR count). The van der Waals surface area contributed by atoms with Crippen molar-refractivity contribution in [3.8, 4) is 11.5 Å². The predicted octanol–water partition coefficient (Wildman–Crippen LogP) is 3.16. The fourth-order valence-corrected chi connectivity index (χ4v) is 3.80. The predicted molar refractivity (Wildman–Crippen MR) is 103 cm³/mol. The van der Waals surface area contributed by atoms with Crippen LogP contribution in [0.25, 0.3) is 0 Å². The number of carbonyl (C=O) groups excluding carboxylic acids is 1. The molecule has 7 nitrogen and oxygen atoms in total. The summed E-state index contributed by atoms with van der Waals surface area (Å²) in [6.07, 6.45) is 0. The number of anilines is 2. The van der Waals surface area contributed by atoms with Gasteiger partial charge >= 0.3 is 0 Å². The van der Waals surface area contributed by atoms with E-state index in [0.717, 1.165) is 0 Å². The first-order valence-corrected chi connectivity index (χ1v) is 9.86. The van der Waals surface area contributed by atoms with E-state index in [4.69, 9.17) is 9.47 Å². The average Bonchev–Trinajstić information content (AvgIpc) is 2.71. The van der Waals surface area contributed by atoms with Crippen molar-refractivity contribution >= 4 is 27.3 Å². The number of rotatable bonds is 4. The van der Waals surface area contributed by atoms with Gasteiger partial charge in [0, 0.05) is 0 Å². The van der Waals surface area contributed by atoms with E-state index in [1.54, 1.807) is 45.0 Å². The second-order valence-corrected chi connectivity index (χ2v) is 8.76. The molecule has 144 valence electrons. The number of ether oxygens (including phenoxy) is 2. The molecule has 2 aromatic rings. The van der Waals surface area contributed by atoms with Gasteiger partial charge in [-0.05, 0) is 62.7 Å². The van der Waals surface area contributed by atoms with Gasteiger partial charge in [-0.25, -0.2) is 8.42 Å². The molecule has 1 heterocycles. The second kappa shape index (κ2) is 6.77. The van der Waals surface area contributed by atoms with Crippen molar-refractivity contribution in [2.75, 3.05) is 23.8 Å². The highest BCUT2D eigenvalue weighted by atomic mass is 32.2. The first-order chi connectivity index (χ1) is 12.6. The molecule has 0 bridgehead atoms. The number of hydrogen-bond acceptors (Lipinski definition) is 5. The van der Waals surface area contributed by atoms with Crippen LogP contribution in [0.1, 0.15) is 19.4 Å². The minimum atomic E-state index is -3.79. The fraction of sp³-hybridized carbons (Fsp3) is 0.316. The molecule has 2 aromatic carbocycles. The number of aryl methyl sites for hydroxylation is 1. The van der Waals surface area contributed by atoms with Gasteiger partial charge in [-0.1, -0.05) is 0 Å². The van der Waals surface area contributed by atoms with Gasteiger partial charge in [0.15, 0.2) is 0 Å². The number of nitrogens with one attached hydrogen (secondary N) is 2. The smallest absolute Gasteiger partial charge is 0.261 e. The van der Waals surface area contributed by atoms with Crippen LogP contribution in [0.4, 0.5) is 11.4 Å². The van der Waals surface area contributed by atoms with Crippen LogP contribution in [0.15, 0.2) is 41.3 Å². The van der Waals surface area contributed by atoms with Crippen molar-refractivity contribution in [2.24, 2.45) is 5.41 Å². The summed E-state index contributed by atoms with van der Waals surface area (Å²) in [5, 5.41) is 2.79. The van der Waals surface area contributed by atoms with E-state index in [1.807, 2.05) is 0 Å². The summed E-state index contributed by atoms with van der Waals surface area (Å²) >= 11 is 0. The lowest BCUT2D eigenvalue weighted by Gasteiger charge is -2.18. The maximum absolute atomic E-state index is 12.7. The highest BCUT2D eigenvalue weighted by Crippen LogP contribution is 2.34. The molecule has 2 N–H and O–H groups in total. The number of benzene rings is 2. The van der Waals surface area contributed by atoms with E-state index in [-0.39, 0.29) is 17.4 Å². The first-order valence-electron chi connectivity index (χ1n) is 8.38. The van der Waals surface area contributed by atoms with E-state index in [1.165, 1.54) is 19.2 Å². The summed E-state index contributed by atoms with van der Waals surface area (Å²) in [6.45, 7) is 5.57. The number of hydrogen-bond donors (Lipinski definition) is 2. The van der Waals surface area contributed by atoms with Crippen LogP contribution in [-0.4, -0.2) is 28.0 Å². The van der Waals surface area contributed by atoms with Gasteiger partial charge in [-0.2, -0.15) is 0 Å². The molecule has 0 fully saturated rings. The van der Waals surface area contributed by atoms with E-state index in [9.17, 15) is 13.2 Å². The highest BCUT2D eigenvalue weighted by Gasteiger charge is 2.32. The Hall–Kier alpha value is -2.74. The lowest BCUT2D eigenvalue weighted by molar-refractivity contribution is -0.124. The second-order valence-electron chi connectivity index (χ2n) is 7.07. The number of amides is 1. The van der Waals surface area contributed by atoms with Crippen LogP contribution in [0.5, 0.6) is 11.5 Å². The van der Waals surface area contributed by atoms with Crippen LogP contribution >= 0.6 is 0 Å². The van der Waals surface area contributed by atoms with Crippen molar-refractivity contribution in [3.63, 3.8) is 0 Å². The Morgan fingerprint density at radius 1 is 1.19 bits per heavy atom. The van der Waals surface area contributed by atoms with Crippen LogP contribution in [0.2, 0.25) is 0 Å². The van der Waals surface area contributed by atoms with Crippen molar-refractivity contribution in [1.82, 2.24) is 0 Å². The fourth-order valence-electron chi connectivity index (χ4n) is 2.66. The molecule has 8 heteroatoms. The maximum Gasteiger partial charge on any atom is 0.261 e. The lowest BCUT2D eigenvalue weighted by atomic mass is 9.94.